The van der Waals surface area contributed by atoms with Crippen LogP contribution in [0.25, 0.3) is 0 Å². The van der Waals surface area contributed by atoms with E-state index in [0.717, 1.165) is 22.3 Å². The highest BCUT2D eigenvalue weighted by Crippen LogP contribution is 2.39. The van der Waals surface area contributed by atoms with Crippen LogP contribution in [0.2, 0.25) is 0 Å². The van der Waals surface area contributed by atoms with E-state index < -0.39 is 12.2 Å². The van der Waals surface area contributed by atoms with Gasteiger partial charge in [-0.3, -0.25) is 9.97 Å². The Morgan fingerprint density at radius 1 is 0.692 bits per heavy atom. The summed E-state index contributed by atoms with van der Waals surface area (Å²) in [4.78, 5) is 8.15. The van der Waals surface area contributed by atoms with Gasteiger partial charge in [0.05, 0.1) is 0 Å². The van der Waals surface area contributed by atoms with Crippen LogP contribution in [-0.2, 0) is 0 Å². The van der Waals surface area contributed by atoms with Crippen molar-refractivity contribution in [3.63, 3.8) is 0 Å². The molecule has 2 aromatic rings. The molecular weight excluding hydrogens is 324 g/mol. The number of allylic oxidation sites excluding steroid dienone is 6. The molecule has 130 valence electrons. The fourth-order valence-corrected chi connectivity index (χ4v) is 3.41. The molecule has 0 saturated heterocycles. The fourth-order valence-electron chi connectivity index (χ4n) is 3.41. The van der Waals surface area contributed by atoms with E-state index in [2.05, 4.69) is 22.1 Å². The minimum atomic E-state index is -0.632. The van der Waals surface area contributed by atoms with E-state index in [1.807, 2.05) is 36.4 Å². The molecule has 4 nitrogen and oxygen atoms in total. The van der Waals surface area contributed by atoms with E-state index in [-0.39, 0.29) is 0 Å². The number of hydrogen-bond donors (Lipinski definition) is 2. The number of pyridine rings is 2. The lowest BCUT2D eigenvalue weighted by Gasteiger charge is -2.15. The Labute approximate surface area is 152 Å². The molecule has 2 unspecified atom stereocenters. The molecule has 0 spiro atoms. The molecule has 2 atom stereocenters. The molecular formula is C22H20N2O2. The molecule has 2 N–H and O–H groups in total. The van der Waals surface area contributed by atoms with Crippen LogP contribution >= 0.6 is 0 Å². The zero-order valence-corrected chi connectivity index (χ0v) is 14.3. The number of nitrogens with zero attached hydrogens (tertiary/aromatic N) is 2. The summed E-state index contributed by atoms with van der Waals surface area (Å²) in [6.07, 6.45) is 15.1. The fraction of sp³-hybridized carbons (Fsp3) is 0.182. The van der Waals surface area contributed by atoms with E-state index in [1.54, 1.807) is 24.8 Å². The predicted octanol–water partition coefficient (Wildman–Crippen LogP) is 3.76. The third-order valence-electron chi connectivity index (χ3n) is 4.90. The highest BCUT2D eigenvalue weighted by molar-refractivity contribution is 5.51. The van der Waals surface area contributed by atoms with Crippen LogP contribution in [0, 0.1) is 0 Å². The minimum Gasteiger partial charge on any atom is -0.384 e. The third kappa shape index (κ3) is 3.29. The van der Waals surface area contributed by atoms with Gasteiger partial charge in [-0.1, -0.05) is 36.4 Å². The van der Waals surface area contributed by atoms with Gasteiger partial charge in [-0.15, -0.1) is 0 Å². The Bertz CT molecular complexity index is 834. The molecule has 0 aromatic carbocycles. The highest BCUT2D eigenvalue weighted by atomic mass is 16.3. The van der Waals surface area contributed by atoms with Crippen LogP contribution in [0.3, 0.4) is 0 Å². The number of aliphatic hydroxyl groups is 2. The largest absolute Gasteiger partial charge is 0.384 e. The van der Waals surface area contributed by atoms with E-state index >= 15 is 0 Å². The van der Waals surface area contributed by atoms with Gasteiger partial charge >= 0.3 is 0 Å². The molecule has 2 aliphatic rings. The SMILES string of the molecule is OC(C1=CC=C(C2=CC=C(C(O)c3cccnc3)C2)C1)c1cccnc1. The molecule has 0 bridgehead atoms. The molecule has 0 amide bonds. The summed E-state index contributed by atoms with van der Waals surface area (Å²) in [6, 6.07) is 7.43. The lowest BCUT2D eigenvalue weighted by Crippen LogP contribution is -2.03. The van der Waals surface area contributed by atoms with Crippen LogP contribution in [0.5, 0.6) is 0 Å². The summed E-state index contributed by atoms with van der Waals surface area (Å²) in [7, 11) is 0. The molecule has 0 aliphatic heterocycles. The van der Waals surface area contributed by atoms with Crippen molar-refractivity contribution in [2.75, 3.05) is 0 Å². The average Bonchev–Trinajstić information content (AvgIpc) is 3.38. The van der Waals surface area contributed by atoms with Gasteiger partial charge in [0, 0.05) is 35.9 Å². The second kappa shape index (κ2) is 7.20. The van der Waals surface area contributed by atoms with Gasteiger partial charge in [-0.25, -0.2) is 0 Å². The number of rotatable bonds is 5. The topological polar surface area (TPSA) is 66.2 Å². The van der Waals surface area contributed by atoms with Gasteiger partial charge in [0.2, 0.25) is 0 Å². The Morgan fingerprint density at radius 2 is 1.15 bits per heavy atom. The van der Waals surface area contributed by atoms with E-state index in [1.165, 1.54) is 11.1 Å². The van der Waals surface area contributed by atoms with Crippen molar-refractivity contribution in [3.05, 3.63) is 107 Å². The molecule has 2 heterocycles. The predicted molar refractivity (Wildman–Crippen MR) is 100.0 cm³/mol. The van der Waals surface area contributed by atoms with Gasteiger partial charge in [0.1, 0.15) is 12.2 Å². The lowest BCUT2D eigenvalue weighted by atomic mass is 9.94. The van der Waals surface area contributed by atoms with E-state index in [9.17, 15) is 10.2 Å². The molecule has 4 rings (SSSR count). The van der Waals surface area contributed by atoms with Crippen LogP contribution < -0.4 is 0 Å². The van der Waals surface area contributed by atoms with Crippen molar-refractivity contribution in [1.82, 2.24) is 9.97 Å². The van der Waals surface area contributed by atoms with Crippen molar-refractivity contribution in [3.8, 4) is 0 Å². The summed E-state index contributed by atoms with van der Waals surface area (Å²) < 4.78 is 0. The van der Waals surface area contributed by atoms with Gasteiger partial charge in [0.25, 0.3) is 0 Å². The Morgan fingerprint density at radius 3 is 1.54 bits per heavy atom. The average molecular weight is 344 g/mol. The van der Waals surface area contributed by atoms with Crippen molar-refractivity contribution in [2.45, 2.75) is 25.0 Å². The minimum absolute atomic E-state index is 0.632. The van der Waals surface area contributed by atoms with Gasteiger partial charge in [0.15, 0.2) is 0 Å². The second-order valence-electron chi connectivity index (χ2n) is 6.60. The van der Waals surface area contributed by atoms with E-state index in [4.69, 9.17) is 0 Å². The Kier molecular flexibility index (Phi) is 4.61. The molecule has 26 heavy (non-hydrogen) atoms. The molecule has 0 radical (unpaired) electrons. The Hall–Kier alpha value is -2.82. The first kappa shape index (κ1) is 16.6. The van der Waals surface area contributed by atoms with Crippen LogP contribution in [-0.4, -0.2) is 20.2 Å². The first-order valence-electron chi connectivity index (χ1n) is 8.68. The van der Waals surface area contributed by atoms with Crippen molar-refractivity contribution in [2.24, 2.45) is 0 Å². The van der Waals surface area contributed by atoms with Crippen LogP contribution in [0.4, 0.5) is 0 Å². The van der Waals surface area contributed by atoms with Gasteiger partial charge in [-0.05, 0) is 47.3 Å². The van der Waals surface area contributed by atoms with Crippen molar-refractivity contribution < 1.29 is 10.2 Å². The zero-order valence-electron chi connectivity index (χ0n) is 14.3. The highest BCUT2D eigenvalue weighted by Gasteiger charge is 2.24. The standard InChI is InChI=1S/C22H20N2O2/c25-21(19-3-1-9-23-13-19)17-7-5-15(11-17)16-6-8-18(12-16)22(26)20-4-2-10-24-14-20/h1-10,13-14,21-22,25-26H,11-12H2. The normalized spacial score (nSPS) is 18.7. The number of hydrogen-bond acceptors (Lipinski definition) is 4. The lowest BCUT2D eigenvalue weighted by molar-refractivity contribution is 0.212. The maximum absolute atomic E-state index is 10.5. The molecule has 4 heteroatoms. The second-order valence-corrected chi connectivity index (χ2v) is 6.60. The first-order chi connectivity index (χ1) is 12.7. The summed E-state index contributed by atoms with van der Waals surface area (Å²) in [5, 5.41) is 21.1. The molecule has 0 fully saturated rings. The summed E-state index contributed by atoms with van der Waals surface area (Å²) >= 11 is 0. The van der Waals surface area contributed by atoms with Crippen molar-refractivity contribution >= 4 is 0 Å². The van der Waals surface area contributed by atoms with Gasteiger partial charge < -0.3 is 10.2 Å². The number of aromatic nitrogens is 2. The summed E-state index contributed by atoms with van der Waals surface area (Å²) in [5.41, 5.74) is 5.92. The molecule has 2 aliphatic carbocycles. The molecule has 0 saturated carbocycles. The quantitative estimate of drug-likeness (QED) is 0.867. The monoisotopic (exact) mass is 344 g/mol. The number of aliphatic hydroxyl groups excluding tert-OH is 2. The maximum Gasteiger partial charge on any atom is 0.102 e. The summed E-state index contributed by atoms with van der Waals surface area (Å²) in [6.45, 7) is 0. The smallest absolute Gasteiger partial charge is 0.102 e. The summed E-state index contributed by atoms with van der Waals surface area (Å²) in [5.74, 6) is 0. The van der Waals surface area contributed by atoms with E-state index in [0.29, 0.717) is 12.8 Å². The third-order valence-corrected chi connectivity index (χ3v) is 4.90. The first-order valence-corrected chi connectivity index (χ1v) is 8.68. The van der Waals surface area contributed by atoms with Crippen LogP contribution in [0.1, 0.15) is 36.2 Å². The Balaban J connectivity index is 1.38. The maximum atomic E-state index is 10.5. The van der Waals surface area contributed by atoms with Crippen LogP contribution in [0.15, 0.2) is 95.6 Å². The molecule has 2 aromatic heterocycles. The van der Waals surface area contributed by atoms with Gasteiger partial charge in [-0.2, -0.15) is 0 Å². The zero-order chi connectivity index (χ0) is 17.9. The van der Waals surface area contributed by atoms with Crippen molar-refractivity contribution in [1.29, 1.82) is 0 Å².